The van der Waals surface area contributed by atoms with Crippen molar-refractivity contribution in [2.24, 2.45) is 0 Å². The molecule has 0 unspecified atom stereocenters. The standard InChI is InChI=1S/C37H48N2O6/c1-5-6-7-8-9-10-11-12-13-14-15-16-29-25-38-34(39-26-29)30-17-19-31(20-18-30)37(42)45-33-23-21-32(22-24-33)36(41)44-28(4)35(40)43-27(2)3/h17-28H,5-16H2,1-4H3/t28-/m0/s1. The molecule has 1 heterocycles. The van der Waals surface area contributed by atoms with Crippen LogP contribution in [0.5, 0.6) is 5.75 Å². The van der Waals surface area contributed by atoms with Crippen molar-refractivity contribution in [3.05, 3.63) is 77.6 Å². The van der Waals surface area contributed by atoms with Gasteiger partial charge in [-0.05, 0) is 75.6 Å². The van der Waals surface area contributed by atoms with Crippen LogP contribution < -0.4 is 4.74 Å². The third-order valence-corrected chi connectivity index (χ3v) is 7.42. The summed E-state index contributed by atoms with van der Waals surface area (Å²) in [5, 5.41) is 0. The van der Waals surface area contributed by atoms with Gasteiger partial charge in [0.1, 0.15) is 5.75 Å². The van der Waals surface area contributed by atoms with E-state index in [2.05, 4.69) is 16.9 Å². The van der Waals surface area contributed by atoms with Crippen LogP contribution in [-0.4, -0.2) is 40.1 Å². The van der Waals surface area contributed by atoms with Crippen LogP contribution in [0.15, 0.2) is 60.9 Å². The van der Waals surface area contributed by atoms with Gasteiger partial charge in [0.2, 0.25) is 0 Å². The fourth-order valence-electron chi connectivity index (χ4n) is 4.81. The normalized spacial score (nSPS) is 11.7. The van der Waals surface area contributed by atoms with Crippen LogP contribution in [0.25, 0.3) is 11.4 Å². The van der Waals surface area contributed by atoms with Crippen molar-refractivity contribution >= 4 is 17.9 Å². The molecule has 3 rings (SSSR count). The number of benzene rings is 2. The number of ether oxygens (including phenoxy) is 3. The average molecular weight is 617 g/mol. The highest BCUT2D eigenvalue weighted by Gasteiger charge is 2.21. The smallest absolute Gasteiger partial charge is 0.347 e. The molecule has 8 nitrogen and oxygen atoms in total. The molecule has 0 spiro atoms. The topological polar surface area (TPSA) is 105 Å². The van der Waals surface area contributed by atoms with Crippen LogP contribution in [0, 0.1) is 0 Å². The van der Waals surface area contributed by atoms with E-state index in [-0.39, 0.29) is 17.4 Å². The minimum absolute atomic E-state index is 0.216. The van der Waals surface area contributed by atoms with Gasteiger partial charge in [0, 0.05) is 18.0 Å². The monoisotopic (exact) mass is 616 g/mol. The highest BCUT2D eigenvalue weighted by Crippen LogP contribution is 2.19. The van der Waals surface area contributed by atoms with Gasteiger partial charge in [-0.2, -0.15) is 0 Å². The van der Waals surface area contributed by atoms with Gasteiger partial charge >= 0.3 is 17.9 Å². The first kappa shape index (κ1) is 35.4. The Bertz CT molecular complexity index is 1320. The molecule has 0 amide bonds. The molecule has 8 heteroatoms. The molecule has 3 aromatic rings. The molecule has 0 aliphatic rings. The summed E-state index contributed by atoms with van der Waals surface area (Å²) in [5.41, 5.74) is 2.53. The molecular formula is C37H48N2O6. The van der Waals surface area contributed by atoms with E-state index < -0.39 is 24.0 Å². The summed E-state index contributed by atoms with van der Waals surface area (Å²) >= 11 is 0. The Morgan fingerprint density at radius 3 is 1.71 bits per heavy atom. The molecule has 0 aliphatic carbocycles. The number of rotatable bonds is 19. The summed E-state index contributed by atoms with van der Waals surface area (Å²) in [4.78, 5) is 46.0. The Morgan fingerprint density at radius 1 is 0.644 bits per heavy atom. The summed E-state index contributed by atoms with van der Waals surface area (Å²) < 4.78 is 15.7. The Hall–Kier alpha value is -4.07. The van der Waals surface area contributed by atoms with Gasteiger partial charge in [-0.15, -0.1) is 0 Å². The minimum Gasteiger partial charge on any atom is -0.460 e. The number of hydrogen-bond acceptors (Lipinski definition) is 8. The van der Waals surface area contributed by atoms with E-state index in [1.165, 1.54) is 95.4 Å². The fourth-order valence-corrected chi connectivity index (χ4v) is 4.81. The Kier molecular flexibility index (Phi) is 15.2. The van der Waals surface area contributed by atoms with Crippen molar-refractivity contribution in [3.8, 4) is 17.1 Å². The van der Waals surface area contributed by atoms with E-state index in [1.807, 2.05) is 12.4 Å². The zero-order valence-electron chi connectivity index (χ0n) is 27.3. The second-order valence-corrected chi connectivity index (χ2v) is 11.7. The van der Waals surface area contributed by atoms with Gasteiger partial charge in [-0.25, -0.2) is 24.4 Å². The maximum Gasteiger partial charge on any atom is 0.347 e. The van der Waals surface area contributed by atoms with Gasteiger partial charge in [0.15, 0.2) is 11.9 Å². The Balaban J connectivity index is 1.39. The predicted molar refractivity (Wildman–Crippen MR) is 175 cm³/mol. The van der Waals surface area contributed by atoms with Crippen LogP contribution in [0.2, 0.25) is 0 Å². The number of aryl methyl sites for hydroxylation is 1. The molecular weight excluding hydrogens is 568 g/mol. The summed E-state index contributed by atoms with van der Waals surface area (Å²) in [5.74, 6) is -0.962. The lowest BCUT2D eigenvalue weighted by Crippen LogP contribution is -2.28. The molecule has 45 heavy (non-hydrogen) atoms. The largest absolute Gasteiger partial charge is 0.460 e. The summed E-state index contributed by atoms with van der Waals surface area (Å²) in [6.07, 6.45) is 18.0. The zero-order valence-corrected chi connectivity index (χ0v) is 27.3. The minimum atomic E-state index is -1.04. The first-order valence-electron chi connectivity index (χ1n) is 16.4. The van der Waals surface area contributed by atoms with Crippen LogP contribution in [0.1, 0.15) is 125 Å². The van der Waals surface area contributed by atoms with Gasteiger partial charge in [-0.3, -0.25) is 0 Å². The number of esters is 3. The first-order chi connectivity index (χ1) is 21.8. The summed E-state index contributed by atoms with van der Waals surface area (Å²) in [6, 6.07) is 12.8. The molecule has 242 valence electrons. The Morgan fingerprint density at radius 2 is 1.16 bits per heavy atom. The number of aromatic nitrogens is 2. The molecule has 1 aromatic heterocycles. The summed E-state index contributed by atoms with van der Waals surface area (Å²) in [7, 11) is 0. The number of unbranched alkanes of at least 4 members (excludes halogenated alkanes) is 10. The first-order valence-corrected chi connectivity index (χ1v) is 16.4. The third-order valence-electron chi connectivity index (χ3n) is 7.42. The highest BCUT2D eigenvalue weighted by molar-refractivity contribution is 5.93. The predicted octanol–water partition coefficient (Wildman–Crippen LogP) is 8.71. The van der Waals surface area contributed by atoms with Crippen LogP contribution in [-0.2, 0) is 20.7 Å². The van der Waals surface area contributed by atoms with Crippen LogP contribution >= 0.6 is 0 Å². The zero-order chi connectivity index (χ0) is 32.4. The van der Waals surface area contributed by atoms with Crippen LogP contribution in [0.3, 0.4) is 0 Å². The molecule has 1 atom stereocenters. The quantitative estimate of drug-likeness (QED) is 0.0748. The molecule has 0 N–H and O–H groups in total. The van der Waals surface area contributed by atoms with Crippen molar-refractivity contribution in [1.29, 1.82) is 0 Å². The Labute approximate surface area is 267 Å². The van der Waals surface area contributed by atoms with Crippen molar-refractivity contribution in [1.82, 2.24) is 9.97 Å². The van der Waals surface area contributed by atoms with E-state index in [1.54, 1.807) is 38.1 Å². The third kappa shape index (κ3) is 12.8. The number of nitrogens with zero attached hydrogens (tertiary/aromatic N) is 2. The van der Waals surface area contributed by atoms with E-state index in [4.69, 9.17) is 14.2 Å². The molecule has 0 radical (unpaired) electrons. The van der Waals surface area contributed by atoms with E-state index >= 15 is 0 Å². The van der Waals surface area contributed by atoms with Crippen molar-refractivity contribution < 1.29 is 28.6 Å². The van der Waals surface area contributed by atoms with Crippen LogP contribution in [0.4, 0.5) is 0 Å². The molecule has 0 aliphatic heterocycles. The SMILES string of the molecule is CCCCCCCCCCCCCc1cnc(-c2ccc(C(=O)Oc3ccc(C(=O)O[C@@H](C)C(=O)OC(C)C)cc3)cc2)nc1. The molecule has 0 saturated carbocycles. The molecule has 0 bridgehead atoms. The fraction of sp³-hybridized carbons (Fsp3) is 0.486. The molecule has 2 aromatic carbocycles. The van der Waals surface area contributed by atoms with Gasteiger partial charge in [-0.1, -0.05) is 83.3 Å². The number of hydrogen-bond donors (Lipinski definition) is 0. The van der Waals surface area contributed by atoms with Gasteiger partial charge in [0.05, 0.1) is 17.2 Å². The lowest BCUT2D eigenvalue weighted by atomic mass is 10.0. The second-order valence-electron chi connectivity index (χ2n) is 11.7. The maximum absolute atomic E-state index is 12.7. The lowest BCUT2D eigenvalue weighted by Gasteiger charge is -2.14. The lowest BCUT2D eigenvalue weighted by molar-refractivity contribution is -0.156. The molecule has 0 fully saturated rings. The van der Waals surface area contributed by atoms with Gasteiger partial charge < -0.3 is 14.2 Å². The van der Waals surface area contributed by atoms with Gasteiger partial charge in [0.25, 0.3) is 0 Å². The van der Waals surface area contributed by atoms with E-state index in [0.717, 1.165) is 24.0 Å². The average Bonchev–Trinajstić information content (AvgIpc) is 3.04. The highest BCUT2D eigenvalue weighted by atomic mass is 16.6. The van der Waals surface area contributed by atoms with E-state index in [0.29, 0.717) is 11.4 Å². The number of carbonyl (C=O) groups is 3. The van der Waals surface area contributed by atoms with Crippen molar-refractivity contribution in [2.45, 2.75) is 117 Å². The van der Waals surface area contributed by atoms with Crippen molar-refractivity contribution in [3.63, 3.8) is 0 Å². The molecule has 0 saturated heterocycles. The second kappa shape index (κ2) is 19.3. The van der Waals surface area contributed by atoms with Crippen molar-refractivity contribution in [2.75, 3.05) is 0 Å². The maximum atomic E-state index is 12.7. The number of carbonyl (C=O) groups excluding carboxylic acids is 3. The summed E-state index contributed by atoms with van der Waals surface area (Å²) in [6.45, 7) is 7.14. The van der Waals surface area contributed by atoms with E-state index in [9.17, 15) is 14.4 Å².